The molecule has 0 unspecified atom stereocenters. The van der Waals surface area contributed by atoms with Crippen LogP contribution in [0, 0.1) is 0 Å². The van der Waals surface area contributed by atoms with Gasteiger partial charge in [0, 0.05) is 6.20 Å². The molecule has 64 valence electrons. The zero-order valence-corrected chi connectivity index (χ0v) is 6.51. The third kappa shape index (κ3) is 1.31. The highest BCUT2D eigenvalue weighted by molar-refractivity contribution is 5.85. The van der Waals surface area contributed by atoms with E-state index in [0.717, 1.165) is 0 Å². The Labute approximate surface area is 73.1 Å². The van der Waals surface area contributed by atoms with Crippen molar-refractivity contribution in [3.63, 3.8) is 0 Å². The summed E-state index contributed by atoms with van der Waals surface area (Å²) in [5, 5.41) is 8.60. The molecule has 0 aliphatic heterocycles. The molecule has 0 saturated heterocycles. The second-order valence-corrected chi connectivity index (χ2v) is 2.41. The summed E-state index contributed by atoms with van der Waals surface area (Å²) in [5.41, 5.74) is 1.13. The van der Waals surface area contributed by atoms with Crippen molar-refractivity contribution in [2.75, 3.05) is 0 Å². The molecule has 5 nitrogen and oxygen atoms in total. The summed E-state index contributed by atoms with van der Waals surface area (Å²) >= 11 is 0. The van der Waals surface area contributed by atoms with Crippen molar-refractivity contribution in [1.29, 1.82) is 0 Å². The molecule has 0 fully saturated rings. The lowest BCUT2D eigenvalue weighted by Gasteiger charge is -1.95. The van der Waals surface area contributed by atoms with Crippen LogP contribution in [-0.4, -0.2) is 26.0 Å². The smallest absolute Gasteiger partial charge is 0.373 e. The summed E-state index contributed by atoms with van der Waals surface area (Å²) in [7, 11) is 0. The predicted octanol–water partition coefficient (Wildman–Crippen LogP) is 0.723. The monoisotopic (exact) mass is 175 g/mol. The number of fused-ring (bicyclic) bond motifs is 1. The number of aromatic carboxylic acids is 1. The van der Waals surface area contributed by atoms with Gasteiger partial charge in [0.25, 0.3) is 0 Å². The van der Waals surface area contributed by atoms with E-state index in [4.69, 9.17) is 5.11 Å². The Kier molecular flexibility index (Phi) is 1.63. The van der Waals surface area contributed by atoms with E-state index in [9.17, 15) is 4.79 Å². The molecule has 2 heterocycles. The molecule has 0 amide bonds. The highest BCUT2D eigenvalue weighted by Crippen LogP contribution is 2.05. The highest BCUT2D eigenvalue weighted by Gasteiger charge is 2.06. The van der Waals surface area contributed by atoms with Crippen LogP contribution in [0.2, 0.25) is 0 Å². The predicted molar refractivity (Wildman–Crippen MR) is 44.3 cm³/mol. The number of rotatable bonds is 1. The maximum absolute atomic E-state index is 10.5. The van der Waals surface area contributed by atoms with Crippen molar-refractivity contribution in [3.05, 3.63) is 30.4 Å². The number of pyridine rings is 1. The minimum absolute atomic E-state index is 0.208. The minimum atomic E-state index is -1.13. The van der Waals surface area contributed by atoms with Gasteiger partial charge in [-0.2, -0.15) is 0 Å². The van der Waals surface area contributed by atoms with Gasteiger partial charge in [0.2, 0.25) is 5.82 Å². The summed E-state index contributed by atoms with van der Waals surface area (Å²) in [6, 6.07) is 3.39. The van der Waals surface area contributed by atoms with Crippen LogP contribution in [0.25, 0.3) is 11.0 Å². The zero-order chi connectivity index (χ0) is 9.26. The summed E-state index contributed by atoms with van der Waals surface area (Å²) in [6.45, 7) is 0. The Bertz CT molecular complexity index is 470. The molecule has 0 aromatic carbocycles. The van der Waals surface area contributed by atoms with Gasteiger partial charge in [0.1, 0.15) is 5.52 Å². The van der Waals surface area contributed by atoms with Crippen LogP contribution in [-0.2, 0) is 0 Å². The first-order chi connectivity index (χ1) is 6.27. The summed E-state index contributed by atoms with van der Waals surface area (Å²) in [4.78, 5) is 21.9. The topological polar surface area (TPSA) is 76.0 Å². The fourth-order valence-corrected chi connectivity index (χ4v) is 0.971. The quantitative estimate of drug-likeness (QED) is 0.691. The molecule has 2 aromatic heterocycles. The molecule has 2 aromatic rings. The second kappa shape index (κ2) is 2.78. The Balaban J connectivity index is 2.69. The largest absolute Gasteiger partial charge is 0.475 e. The number of aromatic nitrogens is 3. The van der Waals surface area contributed by atoms with Crippen LogP contribution in [0.15, 0.2) is 24.5 Å². The molecular formula is C8H5N3O2. The highest BCUT2D eigenvalue weighted by atomic mass is 16.4. The Hall–Kier alpha value is -2.04. The minimum Gasteiger partial charge on any atom is -0.475 e. The van der Waals surface area contributed by atoms with Crippen LogP contribution in [0.4, 0.5) is 0 Å². The van der Waals surface area contributed by atoms with E-state index in [1.54, 1.807) is 18.3 Å². The van der Waals surface area contributed by atoms with Gasteiger partial charge in [0.05, 0.1) is 11.7 Å². The molecule has 5 heteroatoms. The molecule has 0 bridgehead atoms. The third-order valence-corrected chi connectivity index (χ3v) is 1.54. The van der Waals surface area contributed by atoms with Gasteiger partial charge in [0.15, 0.2) is 0 Å². The van der Waals surface area contributed by atoms with Gasteiger partial charge in [-0.3, -0.25) is 4.98 Å². The van der Waals surface area contributed by atoms with Gasteiger partial charge in [-0.05, 0) is 12.1 Å². The number of hydrogen-bond acceptors (Lipinski definition) is 4. The van der Waals surface area contributed by atoms with Crippen molar-refractivity contribution >= 4 is 17.0 Å². The van der Waals surface area contributed by atoms with E-state index in [1.807, 2.05) is 0 Å². The molecule has 0 aliphatic carbocycles. The van der Waals surface area contributed by atoms with E-state index >= 15 is 0 Å². The average Bonchev–Trinajstić information content (AvgIpc) is 2.17. The fourth-order valence-electron chi connectivity index (χ4n) is 0.971. The van der Waals surface area contributed by atoms with Crippen LogP contribution in [0.5, 0.6) is 0 Å². The van der Waals surface area contributed by atoms with Crippen molar-refractivity contribution < 1.29 is 9.90 Å². The van der Waals surface area contributed by atoms with Gasteiger partial charge in [-0.25, -0.2) is 14.8 Å². The number of hydrogen-bond donors (Lipinski definition) is 1. The molecule has 0 spiro atoms. The first kappa shape index (κ1) is 7.60. The maximum atomic E-state index is 10.5. The molecule has 1 N–H and O–H groups in total. The van der Waals surface area contributed by atoms with Crippen molar-refractivity contribution in [3.8, 4) is 0 Å². The lowest BCUT2D eigenvalue weighted by atomic mass is 10.3. The molecule has 0 radical (unpaired) electrons. The summed E-state index contributed by atoms with van der Waals surface area (Å²) < 4.78 is 0. The first-order valence-electron chi connectivity index (χ1n) is 3.58. The molecule has 0 saturated carbocycles. The maximum Gasteiger partial charge on any atom is 0.373 e. The van der Waals surface area contributed by atoms with Gasteiger partial charge < -0.3 is 5.11 Å². The Morgan fingerprint density at radius 3 is 2.92 bits per heavy atom. The molecular weight excluding hydrogens is 170 g/mol. The van der Waals surface area contributed by atoms with E-state index < -0.39 is 5.97 Å². The lowest BCUT2D eigenvalue weighted by Crippen LogP contribution is -2.03. The van der Waals surface area contributed by atoms with Crippen LogP contribution >= 0.6 is 0 Å². The van der Waals surface area contributed by atoms with E-state index in [-0.39, 0.29) is 5.82 Å². The molecule has 2 rings (SSSR count). The van der Waals surface area contributed by atoms with Gasteiger partial charge in [-0.1, -0.05) is 0 Å². The van der Waals surface area contributed by atoms with Crippen LogP contribution in [0.1, 0.15) is 10.6 Å². The number of carboxylic acids is 1. The van der Waals surface area contributed by atoms with E-state index in [1.165, 1.54) is 6.20 Å². The Morgan fingerprint density at radius 1 is 1.31 bits per heavy atom. The summed E-state index contributed by atoms with van der Waals surface area (Å²) in [5.74, 6) is -1.34. The standard InChI is InChI=1S/C8H5N3O2/c12-8(13)7-10-4-6-5(11-7)2-1-3-9-6/h1-4H,(H,12,13). The van der Waals surface area contributed by atoms with Gasteiger partial charge in [-0.15, -0.1) is 0 Å². The number of nitrogens with zero attached hydrogens (tertiary/aromatic N) is 3. The lowest BCUT2D eigenvalue weighted by molar-refractivity contribution is 0.0684. The average molecular weight is 175 g/mol. The molecule has 0 aliphatic rings. The second-order valence-electron chi connectivity index (χ2n) is 2.41. The van der Waals surface area contributed by atoms with E-state index in [2.05, 4.69) is 15.0 Å². The SMILES string of the molecule is O=C(O)c1ncc2ncccc2n1. The van der Waals surface area contributed by atoms with Crippen molar-refractivity contribution in [2.24, 2.45) is 0 Å². The number of carboxylic acid groups (broad SMARTS) is 1. The number of carbonyl (C=O) groups is 1. The van der Waals surface area contributed by atoms with E-state index in [0.29, 0.717) is 11.0 Å². The Morgan fingerprint density at radius 2 is 2.15 bits per heavy atom. The first-order valence-corrected chi connectivity index (χ1v) is 3.58. The molecule has 13 heavy (non-hydrogen) atoms. The van der Waals surface area contributed by atoms with Crippen LogP contribution < -0.4 is 0 Å². The van der Waals surface area contributed by atoms with Gasteiger partial charge >= 0.3 is 5.97 Å². The fraction of sp³-hybridized carbons (Fsp3) is 0. The third-order valence-electron chi connectivity index (χ3n) is 1.54. The van der Waals surface area contributed by atoms with Crippen molar-refractivity contribution in [2.45, 2.75) is 0 Å². The zero-order valence-electron chi connectivity index (χ0n) is 6.51. The normalized spacial score (nSPS) is 10.2. The molecule has 0 atom stereocenters. The van der Waals surface area contributed by atoms with Crippen LogP contribution in [0.3, 0.4) is 0 Å². The van der Waals surface area contributed by atoms with Crippen molar-refractivity contribution in [1.82, 2.24) is 15.0 Å². The summed E-state index contributed by atoms with van der Waals surface area (Å²) in [6.07, 6.45) is 3.00.